The first-order chi connectivity index (χ1) is 11.3. The maximum atomic E-state index is 6.05. The minimum Gasteiger partial charge on any atom is -0.489 e. The molecule has 2 heteroatoms. The number of ether oxygens (including phenoxy) is 1. The van der Waals surface area contributed by atoms with Crippen molar-refractivity contribution >= 4 is 11.6 Å². The predicted octanol–water partition coefficient (Wildman–Crippen LogP) is 5.70. The Bertz CT molecular complexity index is 753. The van der Waals surface area contributed by atoms with Gasteiger partial charge in [0, 0.05) is 5.02 Å². The van der Waals surface area contributed by atoms with Crippen molar-refractivity contribution in [3.05, 3.63) is 101 Å². The van der Waals surface area contributed by atoms with Crippen LogP contribution >= 0.6 is 11.6 Å². The van der Waals surface area contributed by atoms with Crippen molar-refractivity contribution in [1.82, 2.24) is 0 Å². The van der Waals surface area contributed by atoms with Crippen LogP contribution in [-0.2, 0) is 19.4 Å². The Morgan fingerprint density at radius 1 is 0.696 bits per heavy atom. The monoisotopic (exact) mass is 322 g/mol. The van der Waals surface area contributed by atoms with Gasteiger partial charge in [-0.3, -0.25) is 0 Å². The highest BCUT2D eigenvalue weighted by atomic mass is 35.5. The molecule has 0 heterocycles. The van der Waals surface area contributed by atoms with Gasteiger partial charge in [0.15, 0.2) is 0 Å². The third-order valence-electron chi connectivity index (χ3n) is 3.78. The zero-order valence-corrected chi connectivity index (χ0v) is 13.7. The van der Waals surface area contributed by atoms with E-state index < -0.39 is 0 Å². The zero-order valence-electron chi connectivity index (χ0n) is 12.9. The molecule has 0 saturated heterocycles. The van der Waals surface area contributed by atoms with Crippen LogP contribution in [0.3, 0.4) is 0 Å². The molecule has 0 aliphatic rings. The Hall–Kier alpha value is -2.25. The molecule has 3 rings (SSSR count). The molecule has 0 N–H and O–H groups in total. The topological polar surface area (TPSA) is 9.23 Å². The highest BCUT2D eigenvalue weighted by molar-refractivity contribution is 6.30. The van der Waals surface area contributed by atoms with E-state index in [-0.39, 0.29) is 0 Å². The molecule has 0 spiro atoms. The largest absolute Gasteiger partial charge is 0.489 e. The molecule has 116 valence electrons. The summed E-state index contributed by atoms with van der Waals surface area (Å²) < 4.78 is 6.01. The normalized spacial score (nSPS) is 10.5. The van der Waals surface area contributed by atoms with E-state index in [1.807, 2.05) is 48.5 Å². The second-order valence-electron chi connectivity index (χ2n) is 5.51. The van der Waals surface area contributed by atoms with E-state index in [0.29, 0.717) is 6.61 Å². The van der Waals surface area contributed by atoms with E-state index in [4.69, 9.17) is 16.3 Å². The van der Waals surface area contributed by atoms with Gasteiger partial charge in [0.05, 0.1) is 0 Å². The van der Waals surface area contributed by atoms with Crippen LogP contribution in [0.15, 0.2) is 78.9 Å². The first-order valence-corrected chi connectivity index (χ1v) is 8.18. The molecule has 23 heavy (non-hydrogen) atoms. The van der Waals surface area contributed by atoms with Crippen LogP contribution in [0, 0.1) is 0 Å². The molecule has 0 fully saturated rings. The van der Waals surface area contributed by atoms with Gasteiger partial charge in [0.2, 0.25) is 0 Å². The van der Waals surface area contributed by atoms with E-state index in [1.165, 1.54) is 16.7 Å². The van der Waals surface area contributed by atoms with E-state index in [0.717, 1.165) is 23.6 Å². The highest BCUT2D eigenvalue weighted by Gasteiger charge is 2.04. The Labute approximate surface area is 142 Å². The average Bonchev–Trinajstić information content (AvgIpc) is 2.60. The Kier molecular flexibility index (Phi) is 5.33. The Morgan fingerprint density at radius 3 is 2.26 bits per heavy atom. The summed E-state index contributed by atoms with van der Waals surface area (Å²) >= 11 is 6.05. The molecular formula is C21H19ClO. The number of hydrogen-bond acceptors (Lipinski definition) is 1. The van der Waals surface area contributed by atoms with Crippen molar-refractivity contribution in [3.8, 4) is 5.75 Å². The molecule has 0 unspecified atom stereocenters. The lowest BCUT2D eigenvalue weighted by Gasteiger charge is -2.12. The first kappa shape index (κ1) is 15.6. The van der Waals surface area contributed by atoms with Crippen LogP contribution in [0.5, 0.6) is 5.75 Å². The maximum Gasteiger partial charge on any atom is 0.123 e. The van der Waals surface area contributed by atoms with E-state index >= 15 is 0 Å². The second kappa shape index (κ2) is 7.85. The molecule has 3 aromatic carbocycles. The Balaban J connectivity index is 1.65. The minimum absolute atomic E-state index is 0.592. The van der Waals surface area contributed by atoms with Gasteiger partial charge < -0.3 is 4.74 Å². The van der Waals surface area contributed by atoms with Crippen LogP contribution in [0.4, 0.5) is 0 Å². The molecule has 0 saturated carbocycles. The van der Waals surface area contributed by atoms with Crippen LogP contribution in [0.1, 0.15) is 16.7 Å². The van der Waals surface area contributed by atoms with Crippen molar-refractivity contribution in [2.75, 3.05) is 0 Å². The number of hydrogen-bond donors (Lipinski definition) is 0. The van der Waals surface area contributed by atoms with Crippen molar-refractivity contribution < 1.29 is 4.74 Å². The molecule has 1 nitrogen and oxygen atoms in total. The number of aryl methyl sites for hydroxylation is 2. The lowest BCUT2D eigenvalue weighted by Crippen LogP contribution is -2.00. The summed E-state index contributed by atoms with van der Waals surface area (Å²) in [6.45, 7) is 0.592. The average molecular weight is 323 g/mol. The van der Waals surface area contributed by atoms with Gasteiger partial charge in [0.25, 0.3) is 0 Å². The number of halogens is 1. The summed E-state index contributed by atoms with van der Waals surface area (Å²) in [4.78, 5) is 0. The van der Waals surface area contributed by atoms with Crippen molar-refractivity contribution in [1.29, 1.82) is 0 Å². The summed E-state index contributed by atoms with van der Waals surface area (Å²) in [5.41, 5.74) is 3.65. The van der Waals surface area contributed by atoms with Gasteiger partial charge in [-0.1, -0.05) is 72.3 Å². The molecule has 0 amide bonds. The van der Waals surface area contributed by atoms with Crippen LogP contribution in [0.2, 0.25) is 5.02 Å². The Morgan fingerprint density at radius 2 is 1.43 bits per heavy atom. The fraction of sp³-hybridized carbons (Fsp3) is 0.143. The van der Waals surface area contributed by atoms with Gasteiger partial charge in [-0.25, -0.2) is 0 Å². The summed E-state index contributed by atoms with van der Waals surface area (Å²) in [5, 5.41) is 0.788. The lowest BCUT2D eigenvalue weighted by atomic mass is 10.0. The fourth-order valence-corrected chi connectivity index (χ4v) is 2.77. The van der Waals surface area contributed by atoms with Crippen molar-refractivity contribution in [2.45, 2.75) is 19.4 Å². The third-order valence-corrected chi connectivity index (χ3v) is 4.02. The van der Waals surface area contributed by atoms with Crippen molar-refractivity contribution in [2.24, 2.45) is 0 Å². The quantitative estimate of drug-likeness (QED) is 0.565. The standard InChI is InChI=1S/C21H19ClO/c22-20-11-6-9-17(15-20)13-14-19-10-4-5-12-21(19)23-16-18-7-2-1-3-8-18/h1-12,15H,13-14,16H2. The first-order valence-electron chi connectivity index (χ1n) is 7.80. The molecule has 0 aliphatic carbocycles. The van der Waals surface area contributed by atoms with E-state index in [2.05, 4.69) is 30.3 Å². The van der Waals surface area contributed by atoms with Gasteiger partial charge >= 0.3 is 0 Å². The second-order valence-corrected chi connectivity index (χ2v) is 5.95. The molecule has 0 bridgehead atoms. The molecule has 0 aromatic heterocycles. The minimum atomic E-state index is 0.592. The molecular weight excluding hydrogens is 304 g/mol. The zero-order chi connectivity index (χ0) is 15.9. The molecule has 0 aliphatic heterocycles. The predicted molar refractivity (Wildman–Crippen MR) is 96.1 cm³/mol. The number of rotatable bonds is 6. The fourth-order valence-electron chi connectivity index (χ4n) is 2.56. The summed E-state index contributed by atoms with van der Waals surface area (Å²) in [6.07, 6.45) is 1.89. The van der Waals surface area contributed by atoms with E-state index in [9.17, 15) is 0 Å². The number of benzene rings is 3. The van der Waals surface area contributed by atoms with Gasteiger partial charge in [-0.2, -0.15) is 0 Å². The van der Waals surface area contributed by atoms with Crippen LogP contribution in [0.25, 0.3) is 0 Å². The van der Waals surface area contributed by atoms with Crippen molar-refractivity contribution in [3.63, 3.8) is 0 Å². The van der Waals surface area contributed by atoms with Gasteiger partial charge in [0.1, 0.15) is 12.4 Å². The highest BCUT2D eigenvalue weighted by Crippen LogP contribution is 2.22. The van der Waals surface area contributed by atoms with Gasteiger partial charge in [-0.15, -0.1) is 0 Å². The number of para-hydroxylation sites is 1. The van der Waals surface area contributed by atoms with Crippen LogP contribution in [-0.4, -0.2) is 0 Å². The maximum absolute atomic E-state index is 6.05. The smallest absolute Gasteiger partial charge is 0.123 e. The summed E-state index contributed by atoms with van der Waals surface area (Å²) in [7, 11) is 0. The lowest BCUT2D eigenvalue weighted by molar-refractivity contribution is 0.303. The molecule has 0 radical (unpaired) electrons. The summed E-state index contributed by atoms with van der Waals surface area (Å²) in [6, 6.07) is 26.5. The summed E-state index contributed by atoms with van der Waals surface area (Å²) in [5.74, 6) is 0.957. The van der Waals surface area contributed by atoms with E-state index in [1.54, 1.807) is 0 Å². The van der Waals surface area contributed by atoms with Crippen LogP contribution < -0.4 is 4.74 Å². The van der Waals surface area contributed by atoms with Gasteiger partial charge in [-0.05, 0) is 47.7 Å². The molecule has 0 atom stereocenters. The SMILES string of the molecule is Clc1cccc(CCc2ccccc2OCc2ccccc2)c1. The third kappa shape index (κ3) is 4.61. The molecule has 3 aromatic rings.